The Bertz CT molecular complexity index is 1750. The molecule has 1 aromatic heterocycles. The van der Waals surface area contributed by atoms with Crippen LogP contribution in [0.25, 0.3) is 0 Å². The Kier molecular flexibility index (Phi) is 7.41. The van der Waals surface area contributed by atoms with E-state index < -0.39 is 23.0 Å². The molecule has 0 saturated carbocycles. The summed E-state index contributed by atoms with van der Waals surface area (Å²) in [6.07, 6.45) is 0. The number of rotatable bonds is 6. The zero-order valence-electron chi connectivity index (χ0n) is 21.4. The number of benzene rings is 3. The van der Waals surface area contributed by atoms with Crippen molar-refractivity contribution in [1.29, 1.82) is 0 Å². The molecule has 12 heteroatoms. The first kappa shape index (κ1) is 27.6. The molecule has 8 nitrogen and oxygen atoms in total. The van der Waals surface area contributed by atoms with Crippen LogP contribution in [0.2, 0.25) is 10.0 Å². The van der Waals surface area contributed by atoms with Crippen molar-refractivity contribution in [3.8, 4) is 5.75 Å². The molecule has 4 aromatic rings. The maximum absolute atomic E-state index is 14.0. The maximum atomic E-state index is 14.0. The van der Waals surface area contributed by atoms with Crippen molar-refractivity contribution in [3.63, 3.8) is 0 Å². The normalized spacial score (nSPS) is 19.6. The Morgan fingerprint density at radius 1 is 1.00 bits per heavy atom. The summed E-state index contributed by atoms with van der Waals surface area (Å²) >= 11 is 14.2. The van der Waals surface area contributed by atoms with Gasteiger partial charge < -0.3 is 15.0 Å². The summed E-state index contributed by atoms with van der Waals surface area (Å²) in [5.74, 6) is -2.16. The molecule has 3 atom stereocenters. The van der Waals surface area contributed by atoms with Crippen LogP contribution in [0.5, 0.6) is 5.75 Å². The van der Waals surface area contributed by atoms with Gasteiger partial charge in [-0.3, -0.25) is 19.2 Å². The third kappa shape index (κ3) is 5.17. The van der Waals surface area contributed by atoms with Crippen molar-refractivity contribution >= 4 is 75.4 Å². The SMILES string of the molecule is Cc1ccc(N2C(=O)C3Sc4[nH]c(=O)sc4[C@H](c4ccccc4OCC(=O)Nc4ccc(Cl)c(Cl)c4)C3C2=O)cc1. The van der Waals surface area contributed by atoms with E-state index in [-0.39, 0.29) is 23.3 Å². The van der Waals surface area contributed by atoms with Crippen LogP contribution in [0.4, 0.5) is 11.4 Å². The molecule has 2 N–H and O–H groups in total. The Labute approximate surface area is 252 Å². The number of amides is 3. The summed E-state index contributed by atoms with van der Waals surface area (Å²) in [7, 11) is 0. The molecule has 0 aliphatic carbocycles. The van der Waals surface area contributed by atoms with Crippen LogP contribution in [0.1, 0.15) is 21.9 Å². The van der Waals surface area contributed by atoms with Gasteiger partial charge in [0.1, 0.15) is 11.0 Å². The number of H-pyrrole nitrogens is 1. The number of carbonyl (C=O) groups excluding carboxylic acids is 3. The van der Waals surface area contributed by atoms with Gasteiger partial charge in [0.15, 0.2) is 6.61 Å². The predicted molar refractivity (Wildman–Crippen MR) is 161 cm³/mol. The molecule has 2 unspecified atom stereocenters. The maximum Gasteiger partial charge on any atom is 0.305 e. The quantitative estimate of drug-likeness (QED) is 0.260. The zero-order valence-corrected chi connectivity index (χ0v) is 24.5. The van der Waals surface area contributed by atoms with Gasteiger partial charge in [-0.15, -0.1) is 0 Å². The van der Waals surface area contributed by atoms with Crippen LogP contribution in [0.3, 0.4) is 0 Å². The highest BCUT2D eigenvalue weighted by Gasteiger charge is 2.56. The summed E-state index contributed by atoms with van der Waals surface area (Å²) in [6, 6.07) is 19.0. The minimum atomic E-state index is -0.775. The highest BCUT2D eigenvalue weighted by molar-refractivity contribution is 8.00. The second-order valence-electron chi connectivity index (χ2n) is 9.60. The third-order valence-corrected chi connectivity index (χ3v) is 10.1. The highest BCUT2D eigenvalue weighted by atomic mass is 35.5. The first-order chi connectivity index (χ1) is 19.7. The third-order valence-electron chi connectivity index (χ3n) is 6.93. The van der Waals surface area contributed by atoms with Crippen LogP contribution in [0, 0.1) is 12.8 Å². The lowest BCUT2D eigenvalue weighted by Crippen LogP contribution is -2.32. The number of thiazole rings is 1. The Morgan fingerprint density at radius 3 is 2.51 bits per heavy atom. The van der Waals surface area contributed by atoms with Gasteiger partial charge in [0, 0.05) is 22.0 Å². The van der Waals surface area contributed by atoms with E-state index in [0.717, 1.165) is 16.9 Å². The second-order valence-corrected chi connectivity index (χ2v) is 12.6. The Balaban J connectivity index is 1.32. The number of aromatic amines is 1. The first-order valence-corrected chi connectivity index (χ1v) is 15.0. The average molecular weight is 627 g/mol. The van der Waals surface area contributed by atoms with Gasteiger partial charge in [0.25, 0.3) is 5.91 Å². The standard InChI is InChI=1S/C29H21Cl2N3O5S2/c1-14-6-9-16(10-7-14)34-27(36)23-22(24-26(33-29(38)41-24)40-25(23)28(34)37)17-4-2-3-5-20(17)39-13-21(35)32-15-8-11-18(30)19(31)12-15/h2-12,22-23,25H,13H2,1H3,(H,32,35)(H,33,38)/t22-,23?,25?/m1/s1. The van der Waals surface area contributed by atoms with Crippen molar-refractivity contribution in [2.24, 2.45) is 5.92 Å². The second kappa shape index (κ2) is 11.0. The molecule has 6 rings (SSSR count). The van der Waals surface area contributed by atoms with E-state index in [1.807, 2.05) is 19.1 Å². The molecular formula is C29H21Cl2N3O5S2. The fourth-order valence-electron chi connectivity index (χ4n) is 5.08. The van der Waals surface area contributed by atoms with Gasteiger partial charge in [-0.25, -0.2) is 4.90 Å². The van der Waals surface area contributed by atoms with Gasteiger partial charge >= 0.3 is 4.87 Å². The fourth-order valence-corrected chi connectivity index (χ4v) is 7.89. The van der Waals surface area contributed by atoms with Gasteiger partial charge in [-0.1, -0.05) is 82.2 Å². The summed E-state index contributed by atoms with van der Waals surface area (Å²) in [6.45, 7) is 1.60. The number of fused-ring (bicyclic) bond motifs is 2. The number of anilines is 2. The molecule has 2 aliphatic heterocycles. The molecule has 208 valence electrons. The number of carbonyl (C=O) groups is 3. The fraction of sp³-hybridized carbons (Fsp3) is 0.172. The molecule has 2 aliphatic rings. The van der Waals surface area contributed by atoms with E-state index in [1.165, 1.54) is 22.7 Å². The number of halogens is 2. The average Bonchev–Trinajstić information content (AvgIpc) is 3.44. The molecule has 0 spiro atoms. The van der Waals surface area contributed by atoms with E-state index in [9.17, 15) is 19.2 Å². The molecule has 0 radical (unpaired) electrons. The molecule has 3 heterocycles. The molecular weight excluding hydrogens is 605 g/mol. The highest BCUT2D eigenvalue weighted by Crippen LogP contribution is 2.54. The summed E-state index contributed by atoms with van der Waals surface area (Å²) in [5, 5.41) is 3.21. The summed E-state index contributed by atoms with van der Waals surface area (Å²) in [5.41, 5.74) is 2.57. The van der Waals surface area contributed by atoms with Crippen LogP contribution >= 0.6 is 46.3 Å². The predicted octanol–water partition coefficient (Wildman–Crippen LogP) is 5.86. The first-order valence-electron chi connectivity index (χ1n) is 12.5. The number of imide groups is 1. The van der Waals surface area contributed by atoms with Crippen molar-refractivity contribution in [1.82, 2.24) is 4.98 Å². The van der Waals surface area contributed by atoms with E-state index in [2.05, 4.69) is 10.3 Å². The van der Waals surface area contributed by atoms with Crippen LogP contribution < -0.4 is 19.8 Å². The van der Waals surface area contributed by atoms with Gasteiger partial charge in [-0.05, 0) is 43.3 Å². The molecule has 1 saturated heterocycles. The Hall–Kier alpha value is -3.57. The van der Waals surface area contributed by atoms with E-state index in [1.54, 1.807) is 48.5 Å². The minimum absolute atomic E-state index is 0.276. The zero-order chi connectivity index (χ0) is 28.8. The molecule has 0 bridgehead atoms. The monoisotopic (exact) mass is 625 g/mol. The Morgan fingerprint density at radius 2 is 1.76 bits per heavy atom. The molecule has 3 amide bonds. The number of hydrogen-bond donors (Lipinski definition) is 2. The lowest BCUT2D eigenvalue weighted by Gasteiger charge is -2.30. The van der Waals surface area contributed by atoms with Crippen molar-refractivity contribution < 1.29 is 19.1 Å². The number of ether oxygens (including phenoxy) is 1. The molecule has 41 heavy (non-hydrogen) atoms. The van der Waals surface area contributed by atoms with Crippen LogP contribution in [0.15, 0.2) is 76.6 Å². The number of thioether (sulfide) groups is 1. The van der Waals surface area contributed by atoms with Gasteiger partial charge in [0.2, 0.25) is 11.8 Å². The van der Waals surface area contributed by atoms with Crippen molar-refractivity contribution in [2.45, 2.75) is 23.1 Å². The molecule has 3 aromatic carbocycles. The largest absolute Gasteiger partial charge is 0.483 e. The van der Waals surface area contributed by atoms with Crippen molar-refractivity contribution in [3.05, 3.63) is 102 Å². The van der Waals surface area contributed by atoms with Crippen LogP contribution in [-0.4, -0.2) is 34.6 Å². The number of aromatic nitrogens is 1. The lowest BCUT2D eigenvalue weighted by molar-refractivity contribution is -0.122. The smallest absolute Gasteiger partial charge is 0.305 e. The number of para-hydroxylation sites is 1. The van der Waals surface area contributed by atoms with E-state index in [4.69, 9.17) is 27.9 Å². The summed E-state index contributed by atoms with van der Waals surface area (Å²) in [4.78, 5) is 57.2. The van der Waals surface area contributed by atoms with E-state index >= 15 is 0 Å². The van der Waals surface area contributed by atoms with Gasteiger partial charge in [-0.2, -0.15) is 0 Å². The number of nitrogens with one attached hydrogen (secondary N) is 2. The van der Waals surface area contributed by atoms with E-state index in [0.29, 0.717) is 42.6 Å². The van der Waals surface area contributed by atoms with Crippen LogP contribution in [-0.2, 0) is 14.4 Å². The topological polar surface area (TPSA) is 109 Å². The lowest BCUT2D eigenvalue weighted by atomic mass is 9.82. The number of nitrogens with zero attached hydrogens (tertiary/aromatic N) is 1. The summed E-state index contributed by atoms with van der Waals surface area (Å²) < 4.78 is 5.96. The molecule has 1 fully saturated rings. The number of aryl methyl sites for hydroxylation is 1. The van der Waals surface area contributed by atoms with Gasteiger partial charge in [0.05, 0.1) is 26.7 Å². The minimum Gasteiger partial charge on any atom is -0.483 e. The number of hydrogen-bond acceptors (Lipinski definition) is 7. The van der Waals surface area contributed by atoms with Crippen molar-refractivity contribution in [2.75, 3.05) is 16.8 Å².